The summed E-state index contributed by atoms with van der Waals surface area (Å²) in [6.07, 6.45) is 4.91. The summed E-state index contributed by atoms with van der Waals surface area (Å²) in [4.78, 5) is 11.3. The molecule has 1 saturated carbocycles. The third-order valence-corrected chi connectivity index (χ3v) is 2.76. The lowest BCUT2D eigenvalue weighted by Gasteiger charge is -2.17. The van der Waals surface area contributed by atoms with Crippen molar-refractivity contribution < 1.29 is 9.53 Å². The van der Waals surface area contributed by atoms with Crippen molar-refractivity contribution in [2.24, 2.45) is 11.8 Å². The number of allylic oxidation sites excluding steroid dienone is 2. The average Bonchev–Trinajstić information content (AvgIpc) is 2.43. The Balaban J connectivity index is 2.27. The SMILES string of the molecule is COC1=CC(=O)C2CCC1C2. The van der Waals surface area contributed by atoms with Crippen LogP contribution in [0.2, 0.25) is 0 Å². The molecule has 0 aromatic rings. The van der Waals surface area contributed by atoms with Gasteiger partial charge < -0.3 is 4.74 Å². The number of rotatable bonds is 1. The highest BCUT2D eigenvalue weighted by Gasteiger charge is 2.36. The molecule has 11 heavy (non-hydrogen) atoms. The Hall–Kier alpha value is -0.790. The van der Waals surface area contributed by atoms with Crippen molar-refractivity contribution in [1.82, 2.24) is 0 Å². The first-order valence-electron chi connectivity index (χ1n) is 4.10. The Morgan fingerprint density at radius 3 is 2.91 bits per heavy atom. The van der Waals surface area contributed by atoms with Gasteiger partial charge in [-0.3, -0.25) is 4.79 Å². The minimum atomic E-state index is 0.274. The van der Waals surface area contributed by atoms with Crippen LogP contribution in [0.5, 0.6) is 0 Å². The maximum Gasteiger partial charge on any atom is 0.162 e. The first-order chi connectivity index (χ1) is 5.31. The molecule has 2 nitrogen and oxygen atoms in total. The summed E-state index contributed by atoms with van der Waals surface area (Å²) in [6, 6.07) is 0. The zero-order chi connectivity index (χ0) is 7.84. The van der Waals surface area contributed by atoms with E-state index in [0.717, 1.165) is 25.0 Å². The zero-order valence-electron chi connectivity index (χ0n) is 6.67. The van der Waals surface area contributed by atoms with Gasteiger partial charge in [-0.15, -0.1) is 0 Å². The Bertz CT molecular complexity index is 218. The average molecular weight is 152 g/mol. The van der Waals surface area contributed by atoms with Gasteiger partial charge in [-0.2, -0.15) is 0 Å². The molecule has 1 fully saturated rings. The maximum atomic E-state index is 11.3. The molecule has 0 aromatic carbocycles. The molecule has 0 aliphatic heterocycles. The summed E-state index contributed by atoms with van der Waals surface area (Å²) in [5.74, 6) is 2.04. The van der Waals surface area contributed by atoms with Crippen molar-refractivity contribution in [2.45, 2.75) is 19.3 Å². The number of carbonyl (C=O) groups is 1. The van der Waals surface area contributed by atoms with Crippen LogP contribution in [-0.2, 0) is 9.53 Å². The van der Waals surface area contributed by atoms with E-state index in [1.54, 1.807) is 13.2 Å². The maximum absolute atomic E-state index is 11.3. The highest BCUT2D eigenvalue weighted by atomic mass is 16.5. The molecule has 2 bridgehead atoms. The normalized spacial score (nSPS) is 35.4. The van der Waals surface area contributed by atoms with E-state index < -0.39 is 0 Å². The molecule has 0 spiro atoms. The molecule has 2 heteroatoms. The van der Waals surface area contributed by atoms with Crippen molar-refractivity contribution >= 4 is 5.78 Å². The lowest BCUT2D eigenvalue weighted by atomic mass is 9.93. The van der Waals surface area contributed by atoms with E-state index >= 15 is 0 Å². The van der Waals surface area contributed by atoms with Crippen LogP contribution in [0.25, 0.3) is 0 Å². The van der Waals surface area contributed by atoms with Crippen LogP contribution < -0.4 is 0 Å². The highest BCUT2D eigenvalue weighted by Crippen LogP contribution is 2.40. The summed E-state index contributed by atoms with van der Waals surface area (Å²) >= 11 is 0. The standard InChI is InChI=1S/C9H12O2/c1-11-9-5-8(10)6-2-3-7(9)4-6/h5-7H,2-4H2,1H3. The van der Waals surface area contributed by atoms with Crippen LogP contribution in [0.4, 0.5) is 0 Å². The Morgan fingerprint density at radius 1 is 1.45 bits per heavy atom. The lowest BCUT2D eigenvalue weighted by Crippen LogP contribution is -2.16. The van der Waals surface area contributed by atoms with Gasteiger partial charge in [0.25, 0.3) is 0 Å². The molecular weight excluding hydrogens is 140 g/mol. The van der Waals surface area contributed by atoms with Gasteiger partial charge in [0.1, 0.15) is 5.76 Å². The molecule has 0 radical (unpaired) electrons. The van der Waals surface area contributed by atoms with Crippen molar-refractivity contribution in [3.63, 3.8) is 0 Å². The molecule has 2 aliphatic carbocycles. The fourth-order valence-corrected chi connectivity index (χ4v) is 2.10. The fraction of sp³-hybridized carbons (Fsp3) is 0.667. The topological polar surface area (TPSA) is 26.3 Å². The molecule has 2 aliphatic rings. The smallest absolute Gasteiger partial charge is 0.162 e. The van der Waals surface area contributed by atoms with Crippen molar-refractivity contribution in [3.8, 4) is 0 Å². The second kappa shape index (κ2) is 2.36. The fourth-order valence-electron chi connectivity index (χ4n) is 2.10. The van der Waals surface area contributed by atoms with Crippen molar-refractivity contribution in [1.29, 1.82) is 0 Å². The number of hydrogen-bond acceptors (Lipinski definition) is 2. The molecule has 2 atom stereocenters. The molecule has 0 aromatic heterocycles. The van der Waals surface area contributed by atoms with Gasteiger partial charge in [0.05, 0.1) is 7.11 Å². The largest absolute Gasteiger partial charge is 0.501 e. The molecule has 60 valence electrons. The molecule has 0 heterocycles. The second-order valence-corrected chi connectivity index (χ2v) is 3.36. The van der Waals surface area contributed by atoms with Gasteiger partial charge in [-0.05, 0) is 19.3 Å². The van der Waals surface area contributed by atoms with Gasteiger partial charge in [0, 0.05) is 17.9 Å². The van der Waals surface area contributed by atoms with Crippen LogP contribution in [0, 0.1) is 11.8 Å². The van der Waals surface area contributed by atoms with Crippen molar-refractivity contribution in [3.05, 3.63) is 11.8 Å². The number of ether oxygens (including phenoxy) is 1. The van der Waals surface area contributed by atoms with E-state index in [0.29, 0.717) is 11.8 Å². The monoisotopic (exact) mass is 152 g/mol. The highest BCUT2D eigenvalue weighted by molar-refractivity contribution is 5.93. The van der Waals surface area contributed by atoms with E-state index in [-0.39, 0.29) is 5.78 Å². The van der Waals surface area contributed by atoms with Crippen molar-refractivity contribution in [2.75, 3.05) is 7.11 Å². The first kappa shape index (κ1) is 6.89. The zero-order valence-corrected chi connectivity index (χ0v) is 6.67. The second-order valence-electron chi connectivity index (χ2n) is 3.36. The molecular formula is C9H12O2. The number of fused-ring (bicyclic) bond motifs is 2. The summed E-state index contributed by atoms with van der Waals surface area (Å²) in [5.41, 5.74) is 0. The summed E-state index contributed by atoms with van der Waals surface area (Å²) in [6.45, 7) is 0. The third-order valence-electron chi connectivity index (χ3n) is 2.76. The van der Waals surface area contributed by atoms with Crippen LogP contribution in [0.1, 0.15) is 19.3 Å². The molecule has 2 rings (SSSR count). The van der Waals surface area contributed by atoms with Crippen LogP contribution in [0.15, 0.2) is 11.8 Å². The van der Waals surface area contributed by atoms with Crippen LogP contribution in [0.3, 0.4) is 0 Å². The summed E-state index contributed by atoms with van der Waals surface area (Å²) < 4.78 is 5.13. The minimum Gasteiger partial charge on any atom is -0.501 e. The van der Waals surface area contributed by atoms with Gasteiger partial charge >= 0.3 is 0 Å². The molecule has 0 saturated heterocycles. The molecule has 0 N–H and O–H groups in total. The number of methoxy groups -OCH3 is 1. The quantitative estimate of drug-likeness (QED) is 0.569. The Morgan fingerprint density at radius 2 is 2.18 bits per heavy atom. The van der Waals surface area contributed by atoms with Crippen LogP contribution in [-0.4, -0.2) is 12.9 Å². The minimum absolute atomic E-state index is 0.274. The first-order valence-corrected chi connectivity index (χ1v) is 4.10. The Kier molecular flexibility index (Phi) is 1.48. The van der Waals surface area contributed by atoms with Crippen LogP contribution >= 0.6 is 0 Å². The Labute approximate surface area is 66.2 Å². The predicted octanol–water partition coefficient (Wildman–Crippen LogP) is 1.52. The number of ketones is 1. The third kappa shape index (κ3) is 0.971. The molecule has 0 amide bonds. The molecule has 2 unspecified atom stereocenters. The van der Waals surface area contributed by atoms with Gasteiger partial charge in [-0.25, -0.2) is 0 Å². The summed E-state index contributed by atoms with van der Waals surface area (Å²) in [5, 5.41) is 0. The lowest BCUT2D eigenvalue weighted by molar-refractivity contribution is -0.118. The number of carbonyl (C=O) groups excluding carboxylic acids is 1. The van der Waals surface area contributed by atoms with E-state index in [9.17, 15) is 4.79 Å². The van der Waals surface area contributed by atoms with Gasteiger partial charge in [-0.1, -0.05) is 0 Å². The van der Waals surface area contributed by atoms with E-state index in [4.69, 9.17) is 4.74 Å². The van der Waals surface area contributed by atoms with E-state index in [2.05, 4.69) is 0 Å². The van der Waals surface area contributed by atoms with E-state index in [1.165, 1.54) is 0 Å². The number of hydrogen-bond donors (Lipinski definition) is 0. The predicted molar refractivity (Wildman–Crippen MR) is 40.9 cm³/mol. The summed E-state index contributed by atoms with van der Waals surface area (Å²) in [7, 11) is 1.65. The van der Waals surface area contributed by atoms with E-state index in [1.807, 2.05) is 0 Å². The van der Waals surface area contributed by atoms with Gasteiger partial charge in [0.15, 0.2) is 5.78 Å². The van der Waals surface area contributed by atoms with Gasteiger partial charge in [0.2, 0.25) is 0 Å².